The van der Waals surface area contributed by atoms with Crippen molar-refractivity contribution < 1.29 is 9.53 Å². The minimum absolute atomic E-state index is 0.108. The van der Waals surface area contributed by atoms with E-state index >= 15 is 0 Å². The number of nitrogens with two attached hydrogens (primary N) is 1. The molecule has 3 nitrogen and oxygen atoms in total. The van der Waals surface area contributed by atoms with Crippen LogP contribution in [0.5, 0.6) is 0 Å². The fourth-order valence-corrected chi connectivity index (χ4v) is 1.01. The molecule has 0 aromatic heterocycles. The van der Waals surface area contributed by atoms with E-state index in [1.165, 1.54) is 0 Å². The molecule has 2 N–H and O–H groups in total. The molecule has 1 aliphatic rings. The predicted molar refractivity (Wildman–Crippen MR) is 37.6 cm³/mol. The summed E-state index contributed by atoms with van der Waals surface area (Å²) in [5, 5.41) is 0. The molecule has 1 fully saturated rings. The number of ketones is 1. The van der Waals surface area contributed by atoms with Gasteiger partial charge >= 0.3 is 0 Å². The van der Waals surface area contributed by atoms with Gasteiger partial charge in [-0.3, -0.25) is 4.79 Å². The van der Waals surface area contributed by atoms with E-state index < -0.39 is 6.04 Å². The van der Waals surface area contributed by atoms with E-state index in [1.54, 1.807) is 0 Å². The average molecular weight is 143 g/mol. The summed E-state index contributed by atoms with van der Waals surface area (Å²) in [6.07, 6.45) is 0.439. The highest BCUT2D eigenvalue weighted by atomic mass is 16.5. The quantitative estimate of drug-likeness (QED) is 0.522. The summed E-state index contributed by atoms with van der Waals surface area (Å²) in [7, 11) is 0. The van der Waals surface area contributed by atoms with Crippen LogP contribution in [0.25, 0.3) is 0 Å². The first-order chi connectivity index (χ1) is 4.51. The van der Waals surface area contributed by atoms with Crippen LogP contribution in [0.2, 0.25) is 0 Å². The molecule has 10 heavy (non-hydrogen) atoms. The molecule has 0 aliphatic carbocycles. The Balaban J connectivity index is 2.57. The van der Waals surface area contributed by atoms with Crippen LogP contribution in [0.4, 0.5) is 0 Å². The van der Waals surface area contributed by atoms with Crippen LogP contribution in [-0.2, 0) is 9.53 Å². The lowest BCUT2D eigenvalue weighted by molar-refractivity contribution is -0.138. The van der Waals surface area contributed by atoms with Gasteiger partial charge < -0.3 is 10.5 Å². The van der Waals surface area contributed by atoms with Crippen molar-refractivity contribution in [2.24, 2.45) is 5.73 Å². The van der Waals surface area contributed by atoms with Gasteiger partial charge in [0.25, 0.3) is 0 Å². The molecular weight excluding hydrogens is 130 g/mol. The molecule has 0 spiro atoms. The third-order valence-electron chi connectivity index (χ3n) is 1.67. The third-order valence-corrected chi connectivity index (χ3v) is 1.67. The van der Waals surface area contributed by atoms with Gasteiger partial charge in [-0.05, 0) is 13.8 Å². The van der Waals surface area contributed by atoms with Crippen molar-refractivity contribution in [2.45, 2.75) is 31.9 Å². The van der Waals surface area contributed by atoms with Crippen molar-refractivity contribution in [3.05, 3.63) is 0 Å². The number of hydrogen-bond acceptors (Lipinski definition) is 3. The zero-order valence-electron chi connectivity index (χ0n) is 6.39. The minimum atomic E-state index is -0.395. The van der Waals surface area contributed by atoms with Crippen LogP contribution in [0.15, 0.2) is 0 Å². The number of Topliss-reactive ketones (excluding diaryl/α,β-unsaturated/α-hetero) is 1. The smallest absolute Gasteiger partial charge is 0.154 e. The molecule has 3 heteroatoms. The molecule has 1 saturated heterocycles. The number of carbonyl (C=O) groups excluding carboxylic acids is 1. The number of carbonyl (C=O) groups is 1. The van der Waals surface area contributed by atoms with E-state index in [1.807, 2.05) is 13.8 Å². The number of rotatable bonds is 0. The second kappa shape index (κ2) is 2.32. The summed E-state index contributed by atoms with van der Waals surface area (Å²) in [4.78, 5) is 11.0. The molecular formula is C7H13NO2. The molecule has 1 heterocycles. The van der Waals surface area contributed by atoms with Gasteiger partial charge in [-0.1, -0.05) is 0 Å². The predicted octanol–water partition coefficient (Wildman–Crippen LogP) is 0.0817. The molecule has 0 aromatic carbocycles. The van der Waals surface area contributed by atoms with Crippen LogP contribution in [-0.4, -0.2) is 24.0 Å². The van der Waals surface area contributed by atoms with Crippen molar-refractivity contribution >= 4 is 5.78 Å². The molecule has 1 unspecified atom stereocenters. The van der Waals surface area contributed by atoms with Crippen molar-refractivity contribution in [3.63, 3.8) is 0 Å². The van der Waals surface area contributed by atoms with Crippen LogP contribution in [0.3, 0.4) is 0 Å². The maximum atomic E-state index is 11.0. The second-order valence-electron chi connectivity index (χ2n) is 3.32. The first-order valence-corrected chi connectivity index (χ1v) is 3.43. The number of hydrogen-bond donors (Lipinski definition) is 1. The van der Waals surface area contributed by atoms with Gasteiger partial charge in [-0.25, -0.2) is 0 Å². The summed E-state index contributed by atoms with van der Waals surface area (Å²) < 4.78 is 5.30. The Kier molecular flexibility index (Phi) is 1.79. The van der Waals surface area contributed by atoms with E-state index in [2.05, 4.69) is 0 Å². The Morgan fingerprint density at radius 1 is 1.70 bits per heavy atom. The molecule has 1 rings (SSSR count). The Hall–Kier alpha value is -0.410. The third kappa shape index (κ3) is 1.55. The maximum Gasteiger partial charge on any atom is 0.154 e. The van der Waals surface area contributed by atoms with Crippen LogP contribution >= 0.6 is 0 Å². The first-order valence-electron chi connectivity index (χ1n) is 3.43. The van der Waals surface area contributed by atoms with Crippen molar-refractivity contribution in [2.75, 3.05) is 6.61 Å². The molecule has 0 radical (unpaired) electrons. The Bertz CT molecular complexity index is 154. The monoisotopic (exact) mass is 143 g/mol. The van der Waals surface area contributed by atoms with Gasteiger partial charge in [0, 0.05) is 6.42 Å². The van der Waals surface area contributed by atoms with Gasteiger partial charge in [-0.2, -0.15) is 0 Å². The summed E-state index contributed by atoms with van der Waals surface area (Å²) in [6.45, 7) is 4.17. The lowest BCUT2D eigenvalue weighted by Gasteiger charge is -2.31. The highest BCUT2D eigenvalue weighted by Gasteiger charge is 2.31. The topological polar surface area (TPSA) is 52.3 Å². The van der Waals surface area contributed by atoms with Crippen molar-refractivity contribution in [1.82, 2.24) is 0 Å². The van der Waals surface area contributed by atoms with Gasteiger partial charge in [0.15, 0.2) is 5.78 Å². The largest absolute Gasteiger partial charge is 0.373 e. The molecule has 1 aliphatic heterocycles. The first kappa shape index (κ1) is 7.69. The fourth-order valence-electron chi connectivity index (χ4n) is 1.01. The van der Waals surface area contributed by atoms with Crippen LogP contribution in [0.1, 0.15) is 20.3 Å². The van der Waals surface area contributed by atoms with Crippen LogP contribution < -0.4 is 5.73 Å². The van der Waals surface area contributed by atoms with Crippen LogP contribution in [0, 0.1) is 0 Å². The van der Waals surface area contributed by atoms with Gasteiger partial charge in [0.2, 0.25) is 0 Å². The Labute approximate surface area is 60.5 Å². The Morgan fingerprint density at radius 3 is 2.70 bits per heavy atom. The van der Waals surface area contributed by atoms with E-state index in [0.717, 1.165) is 0 Å². The molecule has 1 atom stereocenters. The van der Waals surface area contributed by atoms with Gasteiger partial charge in [0.05, 0.1) is 18.2 Å². The number of ether oxygens (including phenoxy) is 1. The van der Waals surface area contributed by atoms with Crippen molar-refractivity contribution in [3.8, 4) is 0 Å². The summed E-state index contributed by atoms with van der Waals surface area (Å²) >= 11 is 0. The standard InChI is InChI=1S/C7H13NO2/c1-7(2)3-6(9)5(8)4-10-7/h5H,3-4,8H2,1-2H3. The summed E-state index contributed by atoms with van der Waals surface area (Å²) in [5.41, 5.74) is 5.13. The highest BCUT2D eigenvalue weighted by molar-refractivity contribution is 5.85. The van der Waals surface area contributed by atoms with Crippen molar-refractivity contribution in [1.29, 1.82) is 0 Å². The molecule has 0 bridgehead atoms. The Morgan fingerprint density at radius 2 is 2.30 bits per heavy atom. The van der Waals surface area contributed by atoms with E-state index in [0.29, 0.717) is 13.0 Å². The second-order valence-corrected chi connectivity index (χ2v) is 3.32. The van der Waals surface area contributed by atoms with Gasteiger partial charge in [-0.15, -0.1) is 0 Å². The lowest BCUT2D eigenvalue weighted by atomic mass is 9.95. The highest BCUT2D eigenvalue weighted by Crippen LogP contribution is 2.20. The zero-order chi connectivity index (χ0) is 7.78. The fraction of sp³-hybridized carbons (Fsp3) is 0.857. The van der Waals surface area contributed by atoms with E-state index in [9.17, 15) is 4.79 Å². The molecule has 58 valence electrons. The summed E-state index contributed by atoms with van der Waals surface area (Å²) in [5.74, 6) is 0.108. The SMILES string of the molecule is CC1(C)CC(=O)C(N)CO1. The maximum absolute atomic E-state index is 11.0. The molecule has 0 saturated carbocycles. The lowest BCUT2D eigenvalue weighted by Crippen LogP contribution is -2.47. The zero-order valence-corrected chi connectivity index (χ0v) is 6.39. The summed E-state index contributed by atoms with van der Waals surface area (Å²) in [6, 6.07) is -0.395. The molecule has 0 amide bonds. The normalized spacial score (nSPS) is 32.3. The van der Waals surface area contributed by atoms with E-state index in [4.69, 9.17) is 10.5 Å². The van der Waals surface area contributed by atoms with Gasteiger partial charge in [0.1, 0.15) is 0 Å². The average Bonchev–Trinajstić information content (AvgIpc) is 1.79. The van der Waals surface area contributed by atoms with E-state index in [-0.39, 0.29) is 11.4 Å². The minimum Gasteiger partial charge on any atom is -0.373 e. The molecule has 0 aromatic rings.